The molecule has 8 nitrogen and oxygen atoms in total. The number of carbonyl (C=O) groups excluding carboxylic acids is 3. The quantitative estimate of drug-likeness (QED) is 0.595. The monoisotopic (exact) mass is 469 g/mol. The minimum atomic E-state index is -0.629. The topological polar surface area (TPSA) is 121 Å². The number of ether oxygens (including phenoxy) is 1. The first-order chi connectivity index (χ1) is 15.9. The highest BCUT2D eigenvalue weighted by Gasteiger charge is 2.30. The van der Waals surface area contributed by atoms with Crippen molar-refractivity contribution in [2.45, 2.75) is 65.2 Å². The molecule has 2 amide bonds. The van der Waals surface area contributed by atoms with E-state index in [0.29, 0.717) is 21.9 Å². The Morgan fingerprint density at radius 1 is 1.12 bits per heavy atom. The van der Waals surface area contributed by atoms with Crippen LogP contribution in [0.25, 0.3) is 0 Å². The summed E-state index contributed by atoms with van der Waals surface area (Å²) in [7, 11) is 0. The first-order valence-electron chi connectivity index (χ1n) is 11.3. The lowest BCUT2D eigenvalue weighted by molar-refractivity contribution is -0.121. The number of hydrogen-bond acceptors (Lipinski definition) is 7. The summed E-state index contributed by atoms with van der Waals surface area (Å²) in [6, 6.07) is 2.00. The van der Waals surface area contributed by atoms with Crippen LogP contribution in [0.15, 0.2) is 4.42 Å². The molecule has 0 aliphatic heterocycles. The number of amides is 2. The maximum atomic E-state index is 13.0. The van der Waals surface area contributed by atoms with Crippen LogP contribution < -0.4 is 10.6 Å². The lowest BCUT2D eigenvalue weighted by Gasteiger charge is -2.20. The Morgan fingerprint density at radius 3 is 2.61 bits per heavy atom. The third-order valence-corrected chi connectivity index (χ3v) is 7.63. The van der Waals surface area contributed by atoms with Crippen molar-refractivity contribution in [1.82, 2.24) is 0 Å². The van der Waals surface area contributed by atoms with Crippen LogP contribution in [0.2, 0.25) is 0 Å². The van der Waals surface area contributed by atoms with Crippen molar-refractivity contribution in [3.63, 3.8) is 0 Å². The molecule has 2 aromatic heterocycles. The number of esters is 1. The third-order valence-electron chi connectivity index (χ3n) is 6.42. The first kappa shape index (κ1) is 23.1. The summed E-state index contributed by atoms with van der Waals surface area (Å²) in [5.41, 5.74) is 2.17. The summed E-state index contributed by atoms with van der Waals surface area (Å²) in [6.45, 7) is 2.91. The van der Waals surface area contributed by atoms with Gasteiger partial charge in [-0.25, -0.2) is 4.79 Å². The molecule has 2 aromatic rings. The molecule has 0 bridgehead atoms. The van der Waals surface area contributed by atoms with Gasteiger partial charge in [0.05, 0.1) is 5.56 Å². The van der Waals surface area contributed by atoms with Crippen molar-refractivity contribution < 1.29 is 23.5 Å². The maximum absolute atomic E-state index is 13.0. The molecule has 1 saturated carbocycles. The number of fused-ring (bicyclic) bond motifs is 1. The van der Waals surface area contributed by atoms with Gasteiger partial charge in [0.15, 0.2) is 6.61 Å². The Labute approximate surface area is 196 Å². The molecule has 0 atom stereocenters. The molecule has 174 valence electrons. The second kappa shape index (κ2) is 9.79. The van der Waals surface area contributed by atoms with Gasteiger partial charge in [-0.05, 0) is 51.5 Å². The van der Waals surface area contributed by atoms with E-state index in [4.69, 9.17) is 9.15 Å². The lowest BCUT2D eigenvalue weighted by atomic mass is 9.89. The number of carbonyl (C=O) groups is 3. The van der Waals surface area contributed by atoms with Crippen molar-refractivity contribution in [2.24, 2.45) is 5.92 Å². The van der Waals surface area contributed by atoms with E-state index in [1.54, 1.807) is 13.8 Å². The fraction of sp³-hybridized carbons (Fsp3) is 0.500. The molecule has 33 heavy (non-hydrogen) atoms. The Hall–Kier alpha value is -3.12. The Balaban J connectivity index is 1.43. The molecule has 0 aromatic carbocycles. The van der Waals surface area contributed by atoms with Gasteiger partial charge in [-0.3, -0.25) is 14.9 Å². The summed E-state index contributed by atoms with van der Waals surface area (Å²) in [6.07, 6.45) is 7.56. The van der Waals surface area contributed by atoms with Crippen LogP contribution in [0, 0.1) is 31.1 Å². The van der Waals surface area contributed by atoms with Crippen molar-refractivity contribution >= 4 is 40.0 Å². The molecule has 1 fully saturated rings. The summed E-state index contributed by atoms with van der Waals surface area (Å²) in [5.74, 6) is -0.727. The van der Waals surface area contributed by atoms with E-state index < -0.39 is 18.5 Å². The molecule has 9 heteroatoms. The van der Waals surface area contributed by atoms with Gasteiger partial charge in [0.25, 0.3) is 5.91 Å². The van der Waals surface area contributed by atoms with Gasteiger partial charge in [0.1, 0.15) is 22.4 Å². The number of anilines is 2. The van der Waals surface area contributed by atoms with E-state index >= 15 is 0 Å². The Bertz CT molecular complexity index is 1130. The van der Waals surface area contributed by atoms with Crippen LogP contribution >= 0.6 is 11.3 Å². The second-order valence-corrected chi connectivity index (χ2v) is 9.71. The molecule has 2 aliphatic rings. The number of nitrogens with zero attached hydrogens (tertiary/aromatic N) is 1. The van der Waals surface area contributed by atoms with Gasteiger partial charge >= 0.3 is 5.97 Å². The number of furan rings is 1. The van der Waals surface area contributed by atoms with Gasteiger partial charge in [0, 0.05) is 16.4 Å². The second-order valence-electron chi connectivity index (χ2n) is 8.61. The van der Waals surface area contributed by atoms with Crippen LogP contribution in [-0.4, -0.2) is 24.4 Å². The van der Waals surface area contributed by atoms with Gasteiger partial charge < -0.3 is 14.5 Å². The van der Waals surface area contributed by atoms with E-state index in [9.17, 15) is 19.6 Å². The van der Waals surface area contributed by atoms with E-state index in [-0.39, 0.29) is 23.3 Å². The number of hydrogen-bond donors (Lipinski definition) is 2. The standard InChI is InChI=1S/C24H27N3O5S/c1-13-14(2)32-22(17(13)11-25)26-19(28)12-31-24(30)20-16-9-6-10-18(16)33-23(20)27-21(29)15-7-4-3-5-8-15/h15H,3-10,12H2,1-2H3,(H,26,28)(H,27,29). The highest BCUT2D eigenvalue weighted by atomic mass is 32.1. The van der Waals surface area contributed by atoms with Crippen LogP contribution in [0.5, 0.6) is 0 Å². The minimum absolute atomic E-state index is 0.0279. The lowest BCUT2D eigenvalue weighted by Crippen LogP contribution is -2.26. The zero-order valence-corrected chi connectivity index (χ0v) is 19.7. The average molecular weight is 470 g/mol. The fourth-order valence-corrected chi connectivity index (χ4v) is 5.78. The molecular weight excluding hydrogens is 442 g/mol. The van der Waals surface area contributed by atoms with Gasteiger partial charge in [0.2, 0.25) is 11.8 Å². The first-order valence-corrected chi connectivity index (χ1v) is 12.1. The zero-order valence-electron chi connectivity index (χ0n) is 18.8. The van der Waals surface area contributed by atoms with Crippen molar-refractivity contribution in [2.75, 3.05) is 17.2 Å². The molecule has 2 aliphatic carbocycles. The number of aryl methyl sites for hydroxylation is 2. The van der Waals surface area contributed by atoms with Gasteiger partial charge in [-0.2, -0.15) is 5.26 Å². The van der Waals surface area contributed by atoms with Crippen molar-refractivity contribution in [3.8, 4) is 6.07 Å². The minimum Gasteiger partial charge on any atom is -0.452 e. The Kier molecular flexibility index (Phi) is 6.84. The molecule has 4 rings (SSSR count). The van der Waals surface area contributed by atoms with Crippen molar-refractivity contribution in [1.29, 1.82) is 5.26 Å². The normalized spacial score (nSPS) is 15.5. The van der Waals surface area contributed by atoms with E-state index in [0.717, 1.165) is 61.8 Å². The Morgan fingerprint density at radius 2 is 1.88 bits per heavy atom. The average Bonchev–Trinajstić information content (AvgIpc) is 3.46. The van der Waals surface area contributed by atoms with Crippen LogP contribution in [0.1, 0.15) is 76.2 Å². The van der Waals surface area contributed by atoms with Crippen LogP contribution in [0.3, 0.4) is 0 Å². The molecule has 0 radical (unpaired) electrons. The van der Waals surface area contributed by atoms with E-state index in [1.807, 2.05) is 6.07 Å². The van der Waals surface area contributed by atoms with Gasteiger partial charge in [-0.15, -0.1) is 11.3 Å². The summed E-state index contributed by atoms with van der Waals surface area (Å²) < 4.78 is 10.7. The predicted molar refractivity (Wildman–Crippen MR) is 123 cm³/mol. The highest BCUT2D eigenvalue weighted by Crippen LogP contribution is 2.40. The molecule has 2 heterocycles. The molecule has 0 spiro atoms. The number of rotatable bonds is 6. The SMILES string of the molecule is Cc1oc(NC(=O)COC(=O)c2c(NC(=O)C3CCCCC3)sc3c2CCC3)c(C#N)c1C. The van der Waals surface area contributed by atoms with Crippen LogP contribution in [-0.2, 0) is 27.2 Å². The molecule has 2 N–H and O–H groups in total. The van der Waals surface area contributed by atoms with Crippen molar-refractivity contribution in [3.05, 3.63) is 32.9 Å². The number of thiophene rings is 1. The predicted octanol–water partition coefficient (Wildman–Crippen LogP) is 4.63. The summed E-state index contributed by atoms with van der Waals surface area (Å²) in [5, 5.41) is 15.3. The molecule has 0 saturated heterocycles. The molecule has 0 unspecified atom stereocenters. The summed E-state index contributed by atoms with van der Waals surface area (Å²) in [4.78, 5) is 39.2. The zero-order chi connectivity index (χ0) is 23.5. The smallest absolute Gasteiger partial charge is 0.341 e. The number of nitrogens with one attached hydrogen (secondary N) is 2. The van der Waals surface area contributed by atoms with Crippen LogP contribution in [0.4, 0.5) is 10.9 Å². The maximum Gasteiger partial charge on any atom is 0.341 e. The van der Waals surface area contributed by atoms with E-state index in [2.05, 4.69) is 10.6 Å². The summed E-state index contributed by atoms with van der Waals surface area (Å²) >= 11 is 1.43. The van der Waals surface area contributed by atoms with E-state index in [1.165, 1.54) is 11.3 Å². The van der Waals surface area contributed by atoms with Gasteiger partial charge in [-0.1, -0.05) is 19.3 Å². The largest absolute Gasteiger partial charge is 0.452 e. The fourth-order valence-electron chi connectivity index (χ4n) is 4.50. The third kappa shape index (κ3) is 4.81. The molecular formula is C24H27N3O5S. The number of nitriles is 1. The highest BCUT2D eigenvalue weighted by molar-refractivity contribution is 7.17.